The predicted octanol–water partition coefficient (Wildman–Crippen LogP) is 2.16. The van der Waals surface area contributed by atoms with Crippen LogP contribution in [0.2, 0.25) is 0 Å². The van der Waals surface area contributed by atoms with E-state index in [1.807, 2.05) is 13.0 Å². The molecule has 1 aromatic rings. The smallest absolute Gasteiger partial charge is 0.163 e. The molecule has 0 saturated heterocycles. The van der Waals surface area contributed by atoms with Crippen LogP contribution in [0.5, 0.6) is 5.75 Å². The summed E-state index contributed by atoms with van der Waals surface area (Å²) in [5.74, 6) is -0.0167. The maximum Gasteiger partial charge on any atom is 0.163 e. The SMILES string of the molecule is CCc1ccc(C(C)=O)c(O)c1. The summed E-state index contributed by atoms with van der Waals surface area (Å²) in [5, 5.41) is 9.37. The lowest BCUT2D eigenvalue weighted by molar-refractivity contribution is 0.101. The van der Waals surface area contributed by atoms with Crippen LogP contribution >= 0.6 is 0 Å². The third-order valence-electron chi connectivity index (χ3n) is 1.85. The Morgan fingerprint density at radius 1 is 1.50 bits per heavy atom. The topological polar surface area (TPSA) is 37.3 Å². The van der Waals surface area contributed by atoms with Crippen LogP contribution in [0.4, 0.5) is 0 Å². The summed E-state index contributed by atoms with van der Waals surface area (Å²) in [6.45, 7) is 3.45. The minimum atomic E-state index is -0.102. The number of hydrogen-bond acceptors (Lipinski definition) is 2. The Balaban J connectivity index is 3.12. The van der Waals surface area contributed by atoms with Crippen LogP contribution in [-0.2, 0) is 6.42 Å². The molecule has 0 bridgehead atoms. The molecule has 64 valence electrons. The third kappa shape index (κ3) is 1.64. The maximum atomic E-state index is 10.9. The maximum absolute atomic E-state index is 10.9. The number of phenols is 1. The highest BCUT2D eigenvalue weighted by Crippen LogP contribution is 2.19. The second-order valence-electron chi connectivity index (χ2n) is 2.76. The molecule has 0 heterocycles. The summed E-state index contributed by atoms with van der Waals surface area (Å²) < 4.78 is 0. The summed E-state index contributed by atoms with van der Waals surface area (Å²) >= 11 is 0. The monoisotopic (exact) mass is 164 g/mol. The fourth-order valence-electron chi connectivity index (χ4n) is 1.09. The van der Waals surface area contributed by atoms with Gasteiger partial charge in [-0.05, 0) is 31.0 Å². The summed E-state index contributed by atoms with van der Waals surface area (Å²) in [5.41, 5.74) is 1.43. The first-order valence-electron chi connectivity index (χ1n) is 3.98. The quantitative estimate of drug-likeness (QED) is 0.680. The van der Waals surface area contributed by atoms with Gasteiger partial charge in [0.15, 0.2) is 5.78 Å². The van der Waals surface area contributed by atoms with Crippen molar-refractivity contribution in [1.82, 2.24) is 0 Å². The van der Waals surface area contributed by atoms with Gasteiger partial charge in [-0.15, -0.1) is 0 Å². The van der Waals surface area contributed by atoms with Gasteiger partial charge in [0.05, 0.1) is 5.56 Å². The van der Waals surface area contributed by atoms with Crippen LogP contribution in [-0.4, -0.2) is 10.9 Å². The molecule has 0 aromatic heterocycles. The van der Waals surface area contributed by atoms with Gasteiger partial charge >= 0.3 is 0 Å². The van der Waals surface area contributed by atoms with Crippen molar-refractivity contribution >= 4 is 5.78 Å². The van der Waals surface area contributed by atoms with Crippen LogP contribution in [0.3, 0.4) is 0 Å². The third-order valence-corrected chi connectivity index (χ3v) is 1.85. The standard InChI is InChI=1S/C10H12O2/c1-3-8-4-5-9(7(2)11)10(12)6-8/h4-6,12H,3H2,1-2H3. The highest BCUT2D eigenvalue weighted by atomic mass is 16.3. The molecule has 0 atom stereocenters. The molecule has 2 nitrogen and oxygen atoms in total. The molecule has 0 radical (unpaired) electrons. The van der Waals surface area contributed by atoms with Crippen molar-refractivity contribution in [1.29, 1.82) is 0 Å². The molecule has 12 heavy (non-hydrogen) atoms. The van der Waals surface area contributed by atoms with Crippen LogP contribution in [0.1, 0.15) is 29.8 Å². The van der Waals surface area contributed by atoms with Crippen LogP contribution < -0.4 is 0 Å². The number of benzene rings is 1. The molecule has 0 spiro atoms. The number of aromatic hydroxyl groups is 1. The van der Waals surface area contributed by atoms with Crippen molar-refractivity contribution in [3.63, 3.8) is 0 Å². The zero-order valence-electron chi connectivity index (χ0n) is 7.29. The van der Waals surface area contributed by atoms with Crippen molar-refractivity contribution in [2.75, 3.05) is 0 Å². The van der Waals surface area contributed by atoms with E-state index in [4.69, 9.17) is 0 Å². The zero-order valence-corrected chi connectivity index (χ0v) is 7.29. The Kier molecular flexibility index (Phi) is 2.48. The summed E-state index contributed by atoms with van der Waals surface area (Å²) in [7, 11) is 0. The van der Waals surface area contributed by atoms with Crippen molar-refractivity contribution < 1.29 is 9.90 Å². The Bertz CT molecular complexity index is 303. The molecular weight excluding hydrogens is 152 g/mol. The van der Waals surface area contributed by atoms with Crippen LogP contribution in [0.15, 0.2) is 18.2 Å². The second kappa shape index (κ2) is 3.39. The van der Waals surface area contributed by atoms with Crippen LogP contribution in [0.25, 0.3) is 0 Å². The molecule has 1 N–H and O–H groups in total. The molecule has 0 aliphatic rings. The van der Waals surface area contributed by atoms with E-state index in [-0.39, 0.29) is 11.5 Å². The molecule has 0 unspecified atom stereocenters. The van der Waals surface area contributed by atoms with Gasteiger partial charge in [0.1, 0.15) is 5.75 Å². The van der Waals surface area contributed by atoms with Gasteiger partial charge in [-0.1, -0.05) is 13.0 Å². The van der Waals surface area contributed by atoms with Crippen molar-refractivity contribution in [3.8, 4) is 5.75 Å². The van der Waals surface area contributed by atoms with Gasteiger partial charge in [-0.3, -0.25) is 4.79 Å². The van der Waals surface area contributed by atoms with Crippen LogP contribution in [0, 0.1) is 0 Å². The lowest BCUT2D eigenvalue weighted by atomic mass is 10.1. The Labute approximate surface area is 71.8 Å². The highest BCUT2D eigenvalue weighted by Gasteiger charge is 2.05. The number of aryl methyl sites for hydroxylation is 1. The molecule has 0 saturated carbocycles. The summed E-state index contributed by atoms with van der Waals surface area (Å²) in [6.07, 6.45) is 0.867. The van der Waals surface area contributed by atoms with Crippen molar-refractivity contribution in [3.05, 3.63) is 29.3 Å². The number of ketones is 1. The number of Topliss-reactive ketones (excluding diaryl/α,β-unsaturated/α-hetero) is 1. The average Bonchev–Trinajstić information content (AvgIpc) is 2.03. The van der Waals surface area contributed by atoms with Gasteiger partial charge in [0.2, 0.25) is 0 Å². The first kappa shape index (κ1) is 8.78. The molecular formula is C10H12O2. The largest absolute Gasteiger partial charge is 0.507 e. The number of rotatable bonds is 2. The van der Waals surface area contributed by atoms with Gasteiger partial charge in [0, 0.05) is 0 Å². The zero-order chi connectivity index (χ0) is 9.14. The molecule has 0 amide bonds. The van der Waals surface area contributed by atoms with E-state index in [1.165, 1.54) is 6.92 Å². The van der Waals surface area contributed by atoms with E-state index in [9.17, 15) is 9.90 Å². The molecule has 1 rings (SSSR count). The first-order chi connectivity index (χ1) is 5.65. The molecule has 1 aromatic carbocycles. The molecule has 0 aliphatic carbocycles. The minimum absolute atomic E-state index is 0.0850. The Morgan fingerprint density at radius 3 is 2.58 bits per heavy atom. The van der Waals surface area contributed by atoms with Gasteiger partial charge in [0.25, 0.3) is 0 Å². The van der Waals surface area contributed by atoms with E-state index in [1.54, 1.807) is 12.1 Å². The van der Waals surface area contributed by atoms with Crippen molar-refractivity contribution in [2.45, 2.75) is 20.3 Å². The predicted molar refractivity (Wildman–Crippen MR) is 47.5 cm³/mol. The first-order valence-corrected chi connectivity index (χ1v) is 3.98. The lowest BCUT2D eigenvalue weighted by Crippen LogP contribution is -1.93. The van der Waals surface area contributed by atoms with Gasteiger partial charge in [-0.2, -0.15) is 0 Å². The van der Waals surface area contributed by atoms with Gasteiger partial charge in [-0.25, -0.2) is 0 Å². The number of carbonyl (C=O) groups is 1. The number of phenolic OH excluding ortho intramolecular Hbond substituents is 1. The van der Waals surface area contributed by atoms with Crippen molar-refractivity contribution in [2.24, 2.45) is 0 Å². The van der Waals surface area contributed by atoms with E-state index in [2.05, 4.69) is 0 Å². The van der Waals surface area contributed by atoms with Gasteiger partial charge < -0.3 is 5.11 Å². The summed E-state index contributed by atoms with van der Waals surface area (Å²) in [4.78, 5) is 10.9. The fourth-order valence-corrected chi connectivity index (χ4v) is 1.09. The molecule has 2 heteroatoms. The van der Waals surface area contributed by atoms with E-state index >= 15 is 0 Å². The normalized spacial score (nSPS) is 9.83. The second-order valence-corrected chi connectivity index (χ2v) is 2.76. The summed E-state index contributed by atoms with van der Waals surface area (Å²) in [6, 6.07) is 5.16. The molecule has 0 aliphatic heterocycles. The van der Waals surface area contributed by atoms with E-state index < -0.39 is 0 Å². The number of carbonyl (C=O) groups excluding carboxylic acids is 1. The van der Waals surface area contributed by atoms with E-state index in [0.717, 1.165) is 12.0 Å². The lowest BCUT2D eigenvalue weighted by Gasteiger charge is -2.02. The average molecular weight is 164 g/mol. The highest BCUT2D eigenvalue weighted by molar-refractivity contribution is 5.96. The Hall–Kier alpha value is -1.31. The Morgan fingerprint density at radius 2 is 2.17 bits per heavy atom. The fraction of sp³-hybridized carbons (Fsp3) is 0.300. The van der Waals surface area contributed by atoms with E-state index in [0.29, 0.717) is 5.56 Å². The number of hydrogen-bond donors (Lipinski definition) is 1. The minimum Gasteiger partial charge on any atom is -0.507 e. The molecule has 0 fully saturated rings.